The van der Waals surface area contributed by atoms with Crippen molar-refractivity contribution < 1.29 is 4.74 Å². The van der Waals surface area contributed by atoms with Gasteiger partial charge in [0, 0.05) is 5.69 Å². The van der Waals surface area contributed by atoms with E-state index in [0.29, 0.717) is 11.5 Å². The van der Waals surface area contributed by atoms with Gasteiger partial charge in [-0.3, -0.25) is 15.0 Å². The van der Waals surface area contributed by atoms with E-state index in [4.69, 9.17) is 4.74 Å². The molecule has 116 valence electrons. The van der Waals surface area contributed by atoms with E-state index in [1.165, 1.54) is 0 Å². The number of nitrogens with one attached hydrogen (secondary N) is 3. The molecule has 2 aromatic carbocycles. The molecule has 0 amide bonds. The molecule has 1 heterocycles. The van der Waals surface area contributed by atoms with Gasteiger partial charge in [0.05, 0.1) is 12.8 Å². The fraction of sp³-hybridized carbons (Fsp3) is 0.0625. The highest BCUT2D eigenvalue weighted by molar-refractivity contribution is 5.67. The van der Waals surface area contributed by atoms with Gasteiger partial charge >= 0.3 is 0 Å². The number of methoxy groups -OCH3 is 1. The molecule has 7 heteroatoms. The first kappa shape index (κ1) is 14.6. The van der Waals surface area contributed by atoms with E-state index >= 15 is 0 Å². The van der Waals surface area contributed by atoms with Gasteiger partial charge in [-0.15, -0.1) is 5.11 Å². The molecule has 7 nitrogen and oxygen atoms in total. The molecule has 3 N–H and O–H groups in total. The Labute approximate surface area is 132 Å². The molecule has 0 aliphatic carbocycles. The Morgan fingerprint density at radius 3 is 2.39 bits per heavy atom. The lowest BCUT2D eigenvalue weighted by atomic mass is 10.3. The topological polar surface area (TPSA) is 94.6 Å². The summed E-state index contributed by atoms with van der Waals surface area (Å²) in [5.74, 6) is 1.19. The van der Waals surface area contributed by atoms with Crippen molar-refractivity contribution in [1.29, 1.82) is 0 Å². The van der Waals surface area contributed by atoms with Crippen LogP contribution in [0.4, 0.5) is 22.9 Å². The first-order valence-electron chi connectivity index (χ1n) is 6.95. The van der Waals surface area contributed by atoms with Crippen molar-refractivity contribution in [3.8, 4) is 5.75 Å². The van der Waals surface area contributed by atoms with E-state index < -0.39 is 0 Å². The summed E-state index contributed by atoms with van der Waals surface area (Å²) in [5.41, 5.74) is 1.30. The number of benzene rings is 2. The van der Waals surface area contributed by atoms with Crippen LogP contribution >= 0.6 is 0 Å². The van der Waals surface area contributed by atoms with E-state index in [0.717, 1.165) is 11.4 Å². The van der Waals surface area contributed by atoms with Crippen molar-refractivity contribution >= 4 is 22.9 Å². The van der Waals surface area contributed by atoms with Crippen LogP contribution in [0.5, 0.6) is 5.75 Å². The largest absolute Gasteiger partial charge is 0.497 e. The molecule has 0 aliphatic heterocycles. The SMILES string of the molecule is COc1ccc(N=Nc2c(Nc3ccccc3)[nH][nH]c2=O)cc1. The molecule has 1 aromatic heterocycles. The molecule has 0 fully saturated rings. The molecule has 0 unspecified atom stereocenters. The zero-order valence-corrected chi connectivity index (χ0v) is 12.4. The average Bonchev–Trinajstić information content (AvgIpc) is 2.94. The van der Waals surface area contributed by atoms with Crippen LogP contribution in [0.3, 0.4) is 0 Å². The van der Waals surface area contributed by atoms with Crippen LogP contribution in [0.25, 0.3) is 0 Å². The monoisotopic (exact) mass is 309 g/mol. The molecule has 0 aliphatic rings. The number of ether oxygens (including phenoxy) is 1. The molecular weight excluding hydrogens is 294 g/mol. The summed E-state index contributed by atoms with van der Waals surface area (Å²) in [6.45, 7) is 0. The van der Waals surface area contributed by atoms with Crippen molar-refractivity contribution in [3.63, 3.8) is 0 Å². The zero-order valence-electron chi connectivity index (χ0n) is 12.4. The van der Waals surface area contributed by atoms with E-state index in [9.17, 15) is 4.79 Å². The van der Waals surface area contributed by atoms with E-state index in [1.54, 1.807) is 31.4 Å². The minimum Gasteiger partial charge on any atom is -0.497 e. The zero-order chi connectivity index (χ0) is 16.1. The number of anilines is 2. The van der Waals surface area contributed by atoms with Crippen molar-refractivity contribution in [3.05, 3.63) is 65.0 Å². The van der Waals surface area contributed by atoms with Crippen molar-refractivity contribution in [2.45, 2.75) is 0 Å². The summed E-state index contributed by atoms with van der Waals surface area (Å²) in [5, 5.41) is 16.4. The smallest absolute Gasteiger partial charge is 0.294 e. The highest BCUT2D eigenvalue weighted by Gasteiger charge is 2.09. The lowest BCUT2D eigenvalue weighted by Crippen LogP contribution is -1.97. The fourth-order valence-corrected chi connectivity index (χ4v) is 1.96. The predicted octanol–water partition coefficient (Wildman–Crippen LogP) is 3.87. The van der Waals surface area contributed by atoms with Crippen LogP contribution in [-0.4, -0.2) is 17.3 Å². The molecule has 0 saturated heterocycles. The number of para-hydroxylation sites is 1. The number of aromatic nitrogens is 2. The van der Waals surface area contributed by atoms with Gasteiger partial charge in [0.15, 0.2) is 11.5 Å². The second-order valence-corrected chi connectivity index (χ2v) is 4.69. The molecule has 0 atom stereocenters. The Hall–Kier alpha value is -3.35. The molecule has 0 saturated carbocycles. The number of H-pyrrole nitrogens is 2. The van der Waals surface area contributed by atoms with Gasteiger partial charge in [-0.1, -0.05) is 18.2 Å². The number of nitrogens with zero attached hydrogens (tertiary/aromatic N) is 2. The second kappa shape index (κ2) is 6.61. The van der Waals surface area contributed by atoms with E-state index in [2.05, 4.69) is 25.7 Å². The molecule has 0 spiro atoms. The molecule has 0 bridgehead atoms. The van der Waals surface area contributed by atoms with Crippen LogP contribution in [-0.2, 0) is 0 Å². The lowest BCUT2D eigenvalue weighted by molar-refractivity contribution is 0.415. The first-order valence-corrected chi connectivity index (χ1v) is 6.95. The van der Waals surface area contributed by atoms with E-state index in [-0.39, 0.29) is 11.2 Å². The minimum absolute atomic E-state index is 0.185. The van der Waals surface area contributed by atoms with Crippen LogP contribution in [0.1, 0.15) is 0 Å². The van der Waals surface area contributed by atoms with Crippen molar-refractivity contribution in [2.24, 2.45) is 10.2 Å². The molecule has 23 heavy (non-hydrogen) atoms. The van der Waals surface area contributed by atoms with Gasteiger partial charge < -0.3 is 10.1 Å². The average molecular weight is 309 g/mol. The Bertz CT molecular complexity index is 850. The van der Waals surface area contributed by atoms with Gasteiger partial charge in [-0.05, 0) is 36.4 Å². The summed E-state index contributed by atoms with van der Waals surface area (Å²) in [6, 6.07) is 16.5. The van der Waals surface area contributed by atoms with Crippen LogP contribution < -0.4 is 15.6 Å². The Balaban J connectivity index is 1.83. The molecular formula is C16H15N5O2. The third kappa shape index (κ3) is 3.46. The predicted molar refractivity (Wildman–Crippen MR) is 88.3 cm³/mol. The van der Waals surface area contributed by atoms with Gasteiger partial charge in [-0.25, -0.2) is 0 Å². The number of azo groups is 1. The Kier molecular flexibility index (Phi) is 4.19. The van der Waals surface area contributed by atoms with Gasteiger partial charge in [0.1, 0.15) is 5.75 Å². The Morgan fingerprint density at radius 1 is 0.957 bits per heavy atom. The standard InChI is InChI=1S/C16H15N5O2/c1-23-13-9-7-12(8-10-13)18-19-14-15(20-21-16(14)22)17-11-5-3-2-4-6-11/h2-10H,1H3,(H3,17,20,21,22). The maximum Gasteiger partial charge on any atom is 0.294 e. The normalized spacial score (nSPS) is 10.8. The van der Waals surface area contributed by atoms with Crippen LogP contribution in [0.15, 0.2) is 69.6 Å². The number of hydrogen-bond donors (Lipinski definition) is 3. The number of rotatable bonds is 5. The second-order valence-electron chi connectivity index (χ2n) is 4.69. The van der Waals surface area contributed by atoms with Gasteiger partial charge in [0.25, 0.3) is 5.56 Å². The van der Waals surface area contributed by atoms with Gasteiger partial charge in [-0.2, -0.15) is 5.11 Å². The highest BCUT2D eigenvalue weighted by Crippen LogP contribution is 2.25. The minimum atomic E-state index is -0.347. The van der Waals surface area contributed by atoms with Gasteiger partial charge in [0.2, 0.25) is 0 Å². The summed E-state index contributed by atoms with van der Waals surface area (Å²) in [6.07, 6.45) is 0. The summed E-state index contributed by atoms with van der Waals surface area (Å²) in [7, 11) is 1.59. The van der Waals surface area contributed by atoms with Crippen molar-refractivity contribution in [1.82, 2.24) is 10.2 Å². The number of hydrogen-bond acceptors (Lipinski definition) is 5. The van der Waals surface area contributed by atoms with Crippen LogP contribution in [0, 0.1) is 0 Å². The van der Waals surface area contributed by atoms with Crippen LogP contribution in [0.2, 0.25) is 0 Å². The lowest BCUT2D eigenvalue weighted by Gasteiger charge is -2.03. The first-order chi connectivity index (χ1) is 11.3. The number of aromatic amines is 2. The third-order valence-corrected chi connectivity index (χ3v) is 3.13. The highest BCUT2D eigenvalue weighted by atomic mass is 16.5. The summed E-state index contributed by atoms with van der Waals surface area (Å²) < 4.78 is 5.08. The molecule has 3 aromatic rings. The Morgan fingerprint density at radius 2 is 1.70 bits per heavy atom. The third-order valence-electron chi connectivity index (χ3n) is 3.13. The summed E-state index contributed by atoms with van der Waals surface area (Å²) >= 11 is 0. The van der Waals surface area contributed by atoms with E-state index in [1.807, 2.05) is 30.3 Å². The fourth-order valence-electron chi connectivity index (χ4n) is 1.96. The molecule has 0 radical (unpaired) electrons. The van der Waals surface area contributed by atoms with Crippen molar-refractivity contribution in [2.75, 3.05) is 12.4 Å². The summed E-state index contributed by atoms with van der Waals surface area (Å²) in [4.78, 5) is 11.9. The quantitative estimate of drug-likeness (QED) is 0.624. The molecule has 3 rings (SSSR count). The maximum absolute atomic E-state index is 11.9. The maximum atomic E-state index is 11.9.